The van der Waals surface area contributed by atoms with Gasteiger partial charge in [-0.1, -0.05) is 25.8 Å². The molecule has 1 rings (SSSR count). The molecule has 0 radical (unpaired) electrons. The summed E-state index contributed by atoms with van der Waals surface area (Å²) >= 11 is 3.02. The average Bonchev–Trinajstić information content (AvgIpc) is 2.48. The minimum Gasteiger partial charge on any atom is -0.306 e. The van der Waals surface area contributed by atoms with Crippen LogP contribution in [0.3, 0.4) is 0 Å². The predicted octanol–water partition coefficient (Wildman–Crippen LogP) is 2.77. The van der Waals surface area contributed by atoms with E-state index in [1.807, 2.05) is 6.26 Å². The fraction of sp³-hybridized carbons (Fsp3) is 0.500. The number of hydrogen-bond donors (Lipinski definition) is 1. The van der Waals surface area contributed by atoms with Crippen molar-refractivity contribution in [2.24, 2.45) is 0 Å². The van der Waals surface area contributed by atoms with E-state index >= 15 is 0 Å². The van der Waals surface area contributed by atoms with Crippen molar-refractivity contribution in [2.45, 2.75) is 19.8 Å². The summed E-state index contributed by atoms with van der Waals surface area (Å²) in [7, 11) is 0. The lowest BCUT2D eigenvalue weighted by molar-refractivity contribution is 0.111. The van der Waals surface area contributed by atoms with E-state index < -0.39 is 0 Å². The number of rotatable bonds is 4. The standard InChI is InChI=1S/C8H12N2OS2/c1-5(2)7-6(4-11)9-8(13-7)10-12-3/h4-5H,1-3H3,(H,9,10). The van der Waals surface area contributed by atoms with Crippen molar-refractivity contribution in [2.75, 3.05) is 11.0 Å². The van der Waals surface area contributed by atoms with Crippen molar-refractivity contribution >= 4 is 34.7 Å². The van der Waals surface area contributed by atoms with Gasteiger partial charge in [-0.15, -0.1) is 11.3 Å². The largest absolute Gasteiger partial charge is 0.306 e. The van der Waals surface area contributed by atoms with Crippen molar-refractivity contribution in [1.82, 2.24) is 4.98 Å². The smallest absolute Gasteiger partial charge is 0.193 e. The lowest BCUT2D eigenvalue weighted by atomic mass is 10.1. The maximum atomic E-state index is 10.7. The van der Waals surface area contributed by atoms with Gasteiger partial charge in [-0.25, -0.2) is 4.98 Å². The van der Waals surface area contributed by atoms with E-state index in [9.17, 15) is 4.79 Å². The van der Waals surface area contributed by atoms with Gasteiger partial charge in [0.1, 0.15) is 5.69 Å². The molecular formula is C8H12N2OS2. The molecule has 0 amide bonds. The third-order valence-electron chi connectivity index (χ3n) is 1.51. The van der Waals surface area contributed by atoms with Crippen molar-refractivity contribution in [1.29, 1.82) is 0 Å². The number of hydrogen-bond acceptors (Lipinski definition) is 5. The maximum absolute atomic E-state index is 10.7. The van der Waals surface area contributed by atoms with Gasteiger partial charge in [0.05, 0.1) is 0 Å². The molecule has 0 aliphatic carbocycles. The Morgan fingerprint density at radius 1 is 1.62 bits per heavy atom. The molecule has 0 atom stereocenters. The highest BCUT2D eigenvalue weighted by atomic mass is 32.2. The van der Waals surface area contributed by atoms with Gasteiger partial charge >= 0.3 is 0 Å². The van der Waals surface area contributed by atoms with E-state index in [1.165, 1.54) is 11.9 Å². The van der Waals surface area contributed by atoms with E-state index in [4.69, 9.17) is 0 Å². The maximum Gasteiger partial charge on any atom is 0.193 e. The van der Waals surface area contributed by atoms with Crippen LogP contribution in [0.4, 0.5) is 5.13 Å². The van der Waals surface area contributed by atoms with E-state index in [2.05, 4.69) is 23.6 Å². The van der Waals surface area contributed by atoms with Crippen molar-refractivity contribution in [3.05, 3.63) is 10.6 Å². The third kappa shape index (κ3) is 2.45. The number of aromatic nitrogens is 1. The summed E-state index contributed by atoms with van der Waals surface area (Å²) in [4.78, 5) is 15.9. The first-order valence-corrected chi connectivity index (χ1v) is 5.98. The molecular weight excluding hydrogens is 204 g/mol. The van der Waals surface area contributed by atoms with Crippen LogP contribution in [0, 0.1) is 0 Å². The van der Waals surface area contributed by atoms with Gasteiger partial charge < -0.3 is 4.72 Å². The van der Waals surface area contributed by atoms with Crippen LogP contribution in [0.1, 0.15) is 35.1 Å². The number of nitrogens with zero attached hydrogens (tertiary/aromatic N) is 1. The summed E-state index contributed by atoms with van der Waals surface area (Å²) in [5.74, 6) is 0.357. The van der Waals surface area contributed by atoms with Crippen LogP contribution in [0.5, 0.6) is 0 Å². The van der Waals surface area contributed by atoms with Crippen LogP contribution in [-0.2, 0) is 0 Å². The summed E-state index contributed by atoms with van der Waals surface area (Å²) in [5, 5.41) is 0.804. The van der Waals surface area contributed by atoms with Gasteiger partial charge in [0, 0.05) is 11.1 Å². The SMILES string of the molecule is CSNc1nc(C=O)c(C(C)C)s1. The molecule has 13 heavy (non-hydrogen) atoms. The molecule has 0 fully saturated rings. The van der Waals surface area contributed by atoms with Gasteiger partial charge in [0.25, 0.3) is 0 Å². The molecule has 5 heteroatoms. The van der Waals surface area contributed by atoms with Gasteiger partial charge in [-0.05, 0) is 5.92 Å². The molecule has 0 aliphatic rings. The average molecular weight is 216 g/mol. The highest BCUT2D eigenvalue weighted by Gasteiger charge is 2.12. The molecule has 3 nitrogen and oxygen atoms in total. The predicted molar refractivity (Wildman–Crippen MR) is 58.7 cm³/mol. The summed E-state index contributed by atoms with van der Waals surface area (Å²) in [6.45, 7) is 4.12. The van der Waals surface area contributed by atoms with E-state index in [0.29, 0.717) is 11.6 Å². The van der Waals surface area contributed by atoms with Crippen LogP contribution in [0.2, 0.25) is 0 Å². The normalized spacial score (nSPS) is 10.5. The van der Waals surface area contributed by atoms with Crippen LogP contribution >= 0.6 is 23.3 Å². The molecule has 0 aliphatic heterocycles. The number of thiazole rings is 1. The molecule has 0 bridgehead atoms. The molecule has 1 aromatic rings. The van der Waals surface area contributed by atoms with Gasteiger partial charge in [-0.2, -0.15) is 0 Å². The molecule has 0 unspecified atom stereocenters. The third-order valence-corrected chi connectivity index (χ3v) is 3.32. The molecule has 1 aromatic heterocycles. The highest BCUT2D eigenvalue weighted by molar-refractivity contribution is 8.00. The summed E-state index contributed by atoms with van der Waals surface area (Å²) in [5.41, 5.74) is 0.566. The number of carbonyl (C=O) groups excluding carboxylic acids is 1. The number of anilines is 1. The first kappa shape index (κ1) is 10.5. The lowest BCUT2D eigenvalue weighted by Gasteiger charge is -1.98. The van der Waals surface area contributed by atoms with E-state index in [1.54, 1.807) is 11.3 Å². The summed E-state index contributed by atoms with van der Waals surface area (Å²) in [6, 6.07) is 0. The Kier molecular flexibility index (Phi) is 3.74. The van der Waals surface area contributed by atoms with Crippen LogP contribution in [0.25, 0.3) is 0 Å². The van der Waals surface area contributed by atoms with Gasteiger partial charge in [0.15, 0.2) is 11.4 Å². The molecule has 1 N–H and O–H groups in total. The van der Waals surface area contributed by atoms with E-state index in [-0.39, 0.29) is 0 Å². The topological polar surface area (TPSA) is 42.0 Å². The van der Waals surface area contributed by atoms with Gasteiger partial charge in [0.2, 0.25) is 0 Å². The van der Waals surface area contributed by atoms with Crippen molar-refractivity contribution < 1.29 is 4.79 Å². The Morgan fingerprint density at radius 3 is 2.69 bits per heavy atom. The number of carbonyl (C=O) groups is 1. The Hall–Kier alpha value is -0.550. The van der Waals surface area contributed by atoms with Crippen molar-refractivity contribution in [3.63, 3.8) is 0 Å². The zero-order valence-corrected chi connectivity index (χ0v) is 9.46. The minimum absolute atomic E-state index is 0.357. The molecule has 1 heterocycles. The Balaban J connectivity index is 2.97. The second-order valence-electron chi connectivity index (χ2n) is 2.85. The Bertz CT molecular complexity index is 296. The highest BCUT2D eigenvalue weighted by Crippen LogP contribution is 2.29. The first-order valence-electron chi connectivity index (χ1n) is 3.94. The molecule has 0 saturated heterocycles. The summed E-state index contributed by atoms with van der Waals surface area (Å²) < 4.78 is 3.02. The van der Waals surface area contributed by atoms with E-state index in [0.717, 1.165) is 16.3 Å². The summed E-state index contributed by atoms with van der Waals surface area (Å²) in [6.07, 6.45) is 2.74. The second-order valence-corrected chi connectivity index (χ2v) is 4.49. The molecule has 0 spiro atoms. The number of nitrogens with one attached hydrogen (secondary N) is 1. The van der Waals surface area contributed by atoms with Crippen LogP contribution < -0.4 is 4.72 Å². The first-order chi connectivity index (χ1) is 6.19. The number of aldehydes is 1. The quantitative estimate of drug-likeness (QED) is 0.620. The Morgan fingerprint density at radius 2 is 2.31 bits per heavy atom. The van der Waals surface area contributed by atoms with Gasteiger partial charge in [-0.3, -0.25) is 4.79 Å². The Labute approximate surface area is 86.1 Å². The monoisotopic (exact) mass is 216 g/mol. The molecule has 0 aromatic carbocycles. The molecule has 0 saturated carbocycles. The molecule has 72 valence electrons. The fourth-order valence-corrected chi connectivity index (χ4v) is 2.40. The second kappa shape index (κ2) is 4.62. The fourth-order valence-electron chi connectivity index (χ4n) is 0.973. The lowest BCUT2D eigenvalue weighted by Crippen LogP contribution is -1.90. The van der Waals surface area contributed by atoms with Crippen molar-refractivity contribution in [3.8, 4) is 0 Å². The zero-order chi connectivity index (χ0) is 9.84. The van der Waals surface area contributed by atoms with Crippen LogP contribution in [0.15, 0.2) is 0 Å². The van der Waals surface area contributed by atoms with Crippen LogP contribution in [-0.4, -0.2) is 17.5 Å². The minimum atomic E-state index is 0.357. The zero-order valence-electron chi connectivity index (χ0n) is 7.83.